The molecule has 0 aliphatic heterocycles. The van der Waals surface area contributed by atoms with Crippen LogP contribution in [0.2, 0.25) is 0 Å². The van der Waals surface area contributed by atoms with Crippen molar-refractivity contribution in [1.82, 2.24) is 0 Å². The van der Waals surface area contributed by atoms with Crippen LogP contribution in [0.4, 0.5) is 0 Å². The molecule has 1 heterocycles. The fraction of sp³-hybridized carbons (Fsp3) is 0. The average molecular weight is 297 g/mol. The molecule has 0 aliphatic carbocycles. The van der Waals surface area contributed by atoms with E-state index >= 15 is 0 Å². The Kier molecular flexibility index (Phi) is 3.46. The lowest BCUT2D eigenvalue weighted by Gasteiger charge is -1.90. The number of rotatable bonds is 3. The van der Waals surface area contributed by atoms with E-state index in [1.54, 1.807) is 6.07 Å². The number of sulfone groups is 1. The number of aliphatic carboxylic acids is 1. The van der Waals surface area contributed by atoms with Crippen LogP contribution in [-0.2, 0) is 14.6 Å². The molecule has 7 heteroatoms. The maximum Gasteiger partial charge on any atom is 0.329 e. The van der Waals surface area contributed by atoms with Gasteiger partial charge in [-0.2, -0.15) is 0 Å². The lowest BCUT2D eigenvalue weighted by Crippen LogP contribution is -1.95. The molecule has 1 aromatic heterocycles. The predicted molar refractivity (Wildman–Crippen MR) is 56.0 cm³/mol. The predicted octanol–water partition coefficient (Wildman–Crippen LogP) is 1.88. The molecule has 1 N–H and O–H groups in total. The van der Waals surface area contributed by atoms with Gasteiger partial charge in [0.25, 0.3) is 0 Å². The molecule has 0 aromatic carbocycles. The minimum absolute atomic E-state index is 0.113. The second kappa shape index (κ2) is 4.24. The van der Waals surface area contributed by atoms with Crippen molar-refractivity contribution in [2.75, 3.05) is 0 Å². The average Bonchev–Trinajstić information content (AvgIpc) is 2.49. The number of halogens is 1. The van der Waals surface area contributed by atoms with Crippen molar-refractivity contribution in [2.45, 2.75) is 4.21 Å². The van der Waals surface area contributed by atoms with Crippen molar-refractivity contribution < 1.29 is 18.3 Å². The zero-order chi connectivity index (χ0) is 10.8. The van der Waals surface area contributed by atoms with Crippen LogP contribution in [0.3, 0.4) is 0 Å². The molecule has 0 radical (unpaired) electrons. The van der Waals surface area contributed by atoms with Crippen LogP contribution in [0.15, 0.2) is 31.6 Å². The van der Waals surface area contributed by atoms with Gasteiger partial charge in [0.05, 0.1) is 3.79 Å². The summed E-state index contributed by atoms with van der Waals surface area (Å²) in [5.74, 6) is -1.29. The van der Waals surface area contributed by atoms with E-state index in [9.17, 15) is 13.2 Å². The summed E-state index contributed by atoms with van der Waals surface area (Å²) in [7, 11) is -3.61. The van der Waals surface area contributed by atoms with Crippen molar-refractivity contribution in [1.29, 1.82) is 0 Å². The lowest BCUT2D eigenvalue weighted by molar-refractivity contribution is -0.131. The van der Waals surface area contributed by atoms with Gasteiger partial charge in [0.15, 0.2) is 0 Å². The van der Waals surface area contributed by atoms with E-state index in [0.717, 1.165) is 11.3 Å². The minimum Gasteiger partial charge on any atom is -0.478 e. The Hall–Kier alpha value is -0.660. The summed E-state index contributed by atoms with van der Waals surface area (Å²) >= 11 is 4.15. The monoisotopic (exact) mass is 296 g/mol. The summed E-state index contributed by atoms with van der Waals surface area (Å²) < 4.78 is 23.6. The van der Waals surface area contributed by atoms with Gasteiger partial charge >= 0.3 is 5.97 Å². The third kappa shape index (κ3) is 2.93. The highest BCUT2D eigenvalue weighted by Gasteiger charge is 2.13. The lowest BCUT2D eigenvalue weighted by atomic mass is 10.7. The van der Waals surface area contributed by atoms with Crippen molar-refractivity contribution in [3.8, 4) is 0 Å². The van der Waals surface area contributed by atoms with Crippen molar-refractivity contribution in [2.24, 2.45) is 0 Å². The number of thiophene rings is 1. The molecule has 0 atom stereocenters. The van der Waals surface area contributed by atoms with E-state index in [1.165, 1.54) is 6.07 Å². The van der Waals surface area contributed by atoms with Crippen LogP contribution in [0, 0.1) is 0 Å². The number of hydrogen-bond acceptors (Lipinski definition) is 4. The first-order chi connectivity index (χ1) is 6.42. The molecule has 1 rings (SSSR count). The van der Waals surface area contributed by atoms with Crippen LogP contribution >= 0.6 is 27.3 Å². The first-order valence-electron chi connectivity index (χ1n) is 3.33. The zero-order valence-electron chi connectivity index (χ0n) is 6.68. The number of carboxylic acid groups (broad SMARTS) is 1. The van der Waals surface area contributed by atoms with Crippen molar-refractivity contribution in [3.63, 3.8) is 0 Å². The van der Waals surface area contributed by atoms with E-state index in [1.807, 2.05) is 0 Å². The van der Waals surface area contributed by atoms with Crippen molar-refractivity contribution in [3.05, 3.63) is 27.4 Å². The second-order valence-corrected chi connectivity index (χ2v) is 6.77. The number of carbonyl (C=O) groups is 1. The maximum absolute atomic E-state index is 11.4. The van der Waals surface area contributed by atoms with Gasteiger partial charge < -0.3 is 5.11 Å². The Labute approximate surface area is 92.9 Å². The highest BCUT2D eigenvalue weighted by Crippen LogP contribution is 2.27. The molecule has 4 nitrogen and oxygen atoms in total. The Morgan fingerprint density at radius 2 is 2.14 bits per heavy atom. The number of carboxylic acids is 1. The van der Waals surface area contributed by atoms with Gasteiger partial charge in [-0.1, -0.05) is 0 Å². The molecule has 0 amide bonds. The second-order valence-electron chi connectivity index (χ2n) is 2.24. The molecule has 0 aliphatic rings. The maximum atomic E-state index is 11.4. The van der Waals surface area contributed by atoms with E-state index in [0.29, 0.717) is 15.3 Å². The molecule has 0 saturated carbocycles. The molecule has 1 aromatic rings. The molecule has 0 fully saturated rings. The summed E-state index contributed by atoms with van der Waals surface area (Å²) in [4.78, 5) is 10.1. The Morgan fingerprint density at radius 3 is 2.57 bits per heavy atom. The normalized spacial score (nSPS) is 12.1. The van der Waals surface area contributed by atoms with E-state index < -0.39 is 15.8 Å². The van der Waals surface area contributed by atoms with Crippen LogP contribution in [0.25, 0.3) is 0 Å². The SMILES string of the molecule is O=C(O)/C=C/S(=O)(=O)c1ccc(Br)s1. The standard InChI is InChI=1S/C7H5BrO4S2/c8-5-1-2-7(13-5)14(11,12)4-3-6(9)10/h1-4H,(H,9,10)/b4-3+. The topological polar surface area (TPSA) is 71.4 Å². The first kappa shape index (κ1) is 11.4. The van der Waals surface area contributed by atoms with Gasteiger partial charge in [0, 0.05) is 11.5 Å². The third-order valence-corrected chi connectivity index (χ3v) is 4.78. The highest BCUT2D eigenvalue weighted by atomic mass is 79.9. The summed E-state index contributed by atoms with van der Waals surface area (Å²) in [6.45, 7) is 0. The largest absolute Gasteiger partial charge is 0.478 e. The molecule has 0 bridgehead atoms. The molecule has 0 spiro atoms. The van der Waals surface area contributed by atoms with Gasteiger partial charge in [-0.05, 0) is 28.1 Å². The quantitative estimate of drug-likeness (QED) is 0.865. The van der Waals surface area contributed by atoms with Gasteiger partial charge in [-0.3, -0.25) is 0 Å². The van der Waals surface area contributed by atoms with Crippen LogP contribution in [0.1, 0.15) is 0 Å². The first-order valence-corrected chi connectivity index (χ1v) is 6.49. The molecule has 14 heavy (non-hydrogen) atoms. The summed E-state index contributed by atoms with van der Waals surface area (Å²) in [5.41, 5.74) is 0. The zero-order valence-corrected chi connectivity index (χ0v) is 9.89. The molecule has 0 saturated heterocycles. The number of hydrogen-bond donors (Lipinski definition) is 1. The fourth-order valence-electron chi connectivity index (χ4n) is 0.665. The third-order valence-electron chi connectivity index (χ3n) is 1.22. The van der Waals surface area contributed by atoms with E-state index in [4.69, 9.17) is 5.11 Å². The van der Waals surface area contributed by atoms with Crippen LogP contribution in [0.5, 0.6) is 0 Å². The fourth-order valence-corrected chi connectivity index (χ4v) is 3.69. The molecular weight excluding hydrogens is 292 g/mol. The van der Waals surface area contributed by atoms with Gasteiger partial charge in [-0.25, -0.2) is 13.2 Å². The van der Waals surface area contributed by atoms with Gasteiger partial charge in [-0.15, -0.1) is 11.3 Å². The molecule has 76 valence electrons. The van der Waals surface area contributed by atoms with Crippen molar-refractivity contribution >= 4 is 43.1 Å². The van der Waals surface area contributed by atoms with Crippen LogP contribution in [-0.4, -0.2) is 19.5 Å². The van der Waals surface area contributed by atoms with Crippen LogP contribution < -0.4 is 0 Å². The Morgan fingerprint density at radius 1 is 1.50 bits per heavy atom. The summed E-state index contributed by atoms with van der Waals surface area (Å²) in [6, 6.07) is 3.00. The summed E-state index contributed by atoms with van der Waals surface area (Å²) in [6.07, 6.45) is 0.600. The van der Waals surface area contributed by atoms with E-state index in [-0.39, 0.29) is 4.21 Å². The molecule has 0 unspecified atom stereocenters. The van der Waals surface area contributed by atoms with E-state index in [2.05, 4.69) is 15.9 Å². The molecular formula is C7H5BrO4S2. The highest BCUT2D eigenvalue weighted by molar-refractivity contribution is 9.11. The van der Waals surface area contributed by atoms with Gasteiger partial charge in [0.1, 0.15) is 4.21 Å². The minimum atomic E-state index is -3.61. The smallest absolute Gasteiger partial charge is 0.329 e. The van der Waals surface area contributed by atoms with Gasteiger partial charge in [0.2, 0.25) is 9.84 Å². The summed E-state index contributed by atoms with van der Waals surface area (Å²) in [5, 5.41) is 8.95. The Balaban J connectivity index is 3.03. The Bertz CT molecular complexity index is 472.